The largest absolute Gasteiger partial charge is 0.489 e. The van der Waals surface area contributed by atoms with Crippen LogP contribution in [0.3, 0.4) is 0 Å². The molecule has 5 N–H and O–H groups in total. The number of carbonyl (C=O) groups is 1. The lowest BCUT2D eigenvalue weighted by molar-refractivity contribution is -0.123. The summed E-state index contributed by atoms with van der Waals surface area (Å²) < 4.78 is 48.0. The van der Waals surface area contributed by atoms with Gasteiger partial charge < -0.3 is 21.3 Å². The van der Waals surface area contributed by atoms with Crippen LogP contribution in [0, 0.1) is 17.6 Å². The number of pyridine rings is 2. The Morgan fingerprint density at radius 3 is 2.58 bits per heavy atom. The van der Waals surface area contributed by atoms with Crippen LogP contribution in [0.5, 0.6) is 5.75 Å². The number of rotatable bonds is 5. The van der Waals surface area contributed by atoms with Crippen LogP contribution < -0.4 is 16.2 Å². The average molecular weight is 479 g/mol. The lowest BCUT2D eigenvalue weighted by Gasteiger charge is -2.28. The Labute approximate surface area is 191 Å². The highest BCUT2D eigenvalue weighted by Gasteiger charge is 2.46. The lowest BCUT2D eigenvalue weighted by Crippen LogP contribution is -2.41. The number of hydrogen-bond acceptors (Lipinski definition) is 6. The third-order valence-corrected chi connectivity index (χ3v) is 6.03. The van der Waals surface area contributed by atoms with Gasteiger partial charge in [-0.3, -0.25) is 4.79 Å². The molecule has 2 aromatic heterocycles. The monoisotopic (exact) mass is 478 g/mol. The third kappa shape index (κ3) is 3.60. The summed E-state index contributed by atoms with van der Waals surface area (Å²) in [5.41, 5.74) is 7.37. The first-order chi connectivity index (χ1) is 15.5. The van der Waals surface area contributed by atoms with E-state index in [2.05, 4.69) is 9.97 Å². The second kappa shape index (κ2) is 7.98. The number of nitrogens with zero attached hydrogens (tertiary/aromatic N) is 2. The molecule has 0 bridgehead atoms. The predicted octanol–water partition coefficient (Wildman–Crippen LogP) is 2.54. The molecule has 0 saturated carbocycles. The molecule has 2 atom stereocenters. The summed E-state index contributed by atoms with van der Waals surface area (Å²) in [7, 11) is 0. The summed E-state index contributed by atoms with van der Waals surface area (Å²) in [6, 6.07) is 6.65. The number of carbonyl (C=O) groups excluding carboxylic acids is 1. The number of halogens is 4. The van der Waals surface area contributed by atoms with Crippen LogP contribution >= 0.6 is 11.6 Å². The zero-order valence-corrected chi connectivity index (χ0v) is 18.0. The van der Waals surface area contributed by atoms with Crippen molar-refractivity contribution in [1.29, 1.82) is 0 Å². The molecule has 4 rings (SSSR count). The number of ether oxygens (including phenoxy) is 1. The fourth-order valence-corrected chi connectivity index (χ4v) is 3.83. The molecular weight excluding hydrogens is 461 g/mol. The van der Waals surface area contributed by atoms with Crippen LogP contribution in [0.25, 0.3) is 11.3 Å². The molecule has 1 aromatic carbocycles. The van der Waals surface area contributed by atoms with Crippen molar-refractivity contribution in [2.24, 2.45) is 11.5 Å². The first-order valence-corrected chi connectivity index (χ1v) is 10.1. The molecule has 172 valence electrons. The molecule has 0 saturated heterocycles. The van der Waals surface area contributed by atoms with Gasteiger partial charge in [-0.2, -0.15) is 4.39 Å². The second-order valence-electron chi connectivity index (χ2n) is 7.87. The van der Waals surface area contributed by atoms with Crippen molar-refractivity contribution >= 4 is 17.5 Å². The Kier molecular flexibility index (Phi) is 5.55. The molecule has 0 fully saturated rings. The van der Waals surface area contributed by atoms with Gasteiger partial charge >= 0.3 is 0 Å². The quantitative estimate of drug-likeness (QED) is 0.382. The van der Waals surface area contributed by atoms with Crippen molar-refractivity contribution in [1.82, 2.24) is 9.97 Å². The molecule has 1 amide bonds. The SMILES string of the molecule is C[C@]1(C(N)=O)COc2c1cc([C@@](O)(CN)c1cccc(F)n1)nc2-c1cc(Cl)c(F)cc1F. The van der Waals surface area contributed by atoms with E-state index in [1.165, 1.54) is 25.1 Å². The normalized spacial score (nSPS) is 19.0. The highest BCUT2D eigenvalue weighted by atomic mass is 35.5. The molecule has 7 nitrogen and oxygen atoms in total. The maximum Gasteiger partial charge on any atom is 0.231 e. The van der Waals surface area contributed by atoms with Crippen LogP contribution in [0.1, 0.15) is 23.9 Å². The molecule has 0 spiro atoms. The van der Waals surface area contributed by atoms with Crippen LogP contribution in [0.2, 0.25) is 5.02 Å². The molecule has 3 heterocycles. The van der Waals surface area contributed by atoms with Crippen molar-refractivity contribution in [3.8, 4) is 17.0 Å². The molecular formula is C22H18ClF3N4O3. The van der Waals surface area contributed by atoms with Gasteiger partial charge in [0.25, 0.3) is 0 Å². The van der Waals surface area contributed by atoms with E-state index >= 15 is 0 Å². The zero-order chi connectivity index (χ0) is 24.1. The predicted molar refractivity (Wildman–Crippen MR) is 113 cm³/mol. The molecule has 1 aliphatic rings. The minimum atomic E-state index is -2.13. The molecule has 1 aliphatic heterocycles. The first kappa shape index (κ1) is 23.0. The van der Waals surface area contributed by atoms with E-state index < -0.39 is 41.1 Å². The maximum atomic E-state index is 14.8. The van der Waals surface area contributed by atoms with E-state index in [4.69, 9.17) is 27.8 Å². The third-order valence-electron chi connectivity index (χ3n) is 5.74. The molecule has 11 heteroatoms. The summed E-state index contributed by atoms with van der Waals surface area (Å²) in [5.74, 6) is -3.62. The van der Waals surface area contributed by atoms with Gasteiger partial charge in [-0.05, 0) is 31.2 Å². The van der Waals surface area contributed by atoms with Crippen LogP contribution in [0.4, 0.5) is 13.2 Å². The highest BCUT2D eigenvalue weighted by Crippen LogP contribution is 2.46. The van der Waals surface area contributed by atoms with Gasteiger partial charge in [0.05, 0.1) is 16.4 Å². The molecule has 3 aromatic rings. The van der Waals surface area contributed by atoms with Crippen LogP contribution in [-0.2, 0) is 15.8 Å². The molecule has 33 heavy (non-hydrogen) atoms. The Hall–Kier alpha value is -3.21. The van der Waals surface area contributed by atoms with Crippen molar-refractivity contribution < 1.29 is 27.8 Å². The summed E-state index contributed by atoms with van der Waals surface area (Å²) in [6.45, 7) is 0.825. The van der Waals surface area contributed by atoms with E-state index in [9.17, 15) is 23.1 Å². The summed E-state index contributed by atoms with van der Waals surface area (Å²) in [4.78, 5) is 20.3. The highest BCUT2D eigenvalue weighted by molar-refractivity contribution is 6.31. The number of nitrogens with two attached hydrogens (primary N) is 2. The van der Waals surface area contributed by atoms with Crippen molar-refractivity contribution in [2.45, 2.75) is 17.9 Å². The minimum absolute atomic E-state index is 0.00759. The van der Waals surface area contributed by atoms with E-state index in [0.29, 0.717) is 6.07 Å². The maximum absolute atomic E-state index is 14.8. The topological polar surface area (TPSA) is 124 Å². The van der Waals surface area contributed by atoms with Crippen molar-refractivity contribution in [3.63, 3.8) is 0 Å². The Morgan fingerprint density at radius 2 is 1.94 bits per heavy atom. The molecule has 0 unspecified atom stereocenters. The van der Waals surface area contributed by atoms with Gasteiger partial charge in [0, 0.05) is 23.7 Å². The average Bonchev–Trinajstić information content (AvgIpc) is 3.13. The van der Waals surface area contributed by atoms with Gasteiger partial charge in [-0.25, -0.2) is 18.7 Å². The van der Waals surface area contributed by atoms with Crippen LogP contribution in [0.15, 0.2) is 36.4 Å². The summed E-state index contributed by atoms with van der Waals surface area (Å²) >= 11 is 5.86. The number of primary amides is 1. The number of amides is 1. The van der Waals surface area contributed by atoms with Gasteiger partial charge in [0.15, 0.2) is 5.60 Å². The molecule has 0 aliphatic carbocycles. The number of aromatic nitrogens is 2. The Bertz CT molecular complexity index is 1290. The summed E-state index contributed by atoms with van der Waals surface area (Å²) in [5, 5.41) is 11.0. The summed E-state index contributed by atoms with van der Waals surface area (Å²) in [6.07, 6.45) is 0. The van der Waals surface area contributed by atoms with E-state index in [1.807, 2.05) is 0 Å². The smallest absolute Gasteiger partial charge is 0.231 e. The number of aliphatic hydroxyl groups is 1. The van der Waals surface area contributed by atoms with Gasteiger partial charge in [-0.1, -0.05) is 17.7 Å². The van der Waals surface area contributed by atoms with Crippen molar-refractivity contribution in [2.75, 3.05) is 13.2 Å². The zero-order valence-electron chi connectivity index (χ0n) is 17.2. The molecule has 0 radical (unpaired) electrons. The van der Waals surface area contributed by atoms with Gasteiger partial charge in [0.2, 0.25) is 11.9 Å². The lowest BCUT2D eigenvalue weighted by atomic mass is 9.81. The second-order valence-corrected chi connectivity index (χ2v) is 8.28. The van der Waals surface area contributed by atoms with Crippen LogP contribution in [-0.4, -0.2) is 34.1 Å². The number of benzene rings is 1. The van der Waals surface area contributed by atoms with E-state index in [0.717, 1.165) is 12.1 Å². The number of hydrogen-bond donors (Lipinski definition) is 3. The first-order valence-electron chi connectivity index (χ1n) is 9.70. The van der Waals surface area contributed by atoms with Gasteiger partial charge in [0.1, 0.15) is 35.1 Å². The standard InChI is InChI=1S/C22H18ClF3N4O3/c1-21(20(28)31)9-33-19-11(21)6-16(22(32,8-27)15-3-2-4-17(26)29-15)30-18(19)10-5-12(23)14(25)7-13(10)24/h2-7,32H,8-9,27H2,1H3,(H2,28,31)/t21-,22+/m0/s1. The Balaban J connectivity index is 2.06. The minimum Gasteiger partial charge on any atom is -0.489 e. The fraction of sp³-hybridized carbons (Fsp3) is 0.227. The van der Waals surface area contributed by atoms with E-state index in [-0.39, 0.29) is 45.6 Å². The number of fused-ring (bicyclic) bond motifs is 1. The van der Waals surface area contributed by atoms with E-state index in [1.54, 1.807) is 0 Å². The fourth-order valence-electron chi connectivity index (χ4n) is 3.66. The Morgan fingerprint density at radius 1 is 1.21 bits per heavy atom. The van der Waals surface area contributed by atoms with Gasteiger partial charge in [-0.15, -0.1) is 0 Å². The van der Waals surface area contributed by atoms with Crippen molar-refractivity contribution in [3.05, 3.63) is 76.0 Å².